The molecule has 7 nitrogen and oxygen atoms in total. The van der Waals surface area contributed by atoms with Crippen molar-refractivity contribution in [2.45, 2.75) is 19.8 Å². The van der Waals surface area contributed by atoms with Crippen LogP contribution in [0.3, 0.4) is 0 Å². The molecule has 140 valence electrons. The fourth-order valence-electron chi connectivity index (χ4n) is 3.13. The minimum Gasteiger partial charge on any atom is -0.454 e. The van der Waals surface area contributed by atoms with Gasteiger partial charge in [-0.1, -0.05) is 13.0 Å². The maximum Gasteiger partial charge on any atom is 0.248 e. The molecule has 2 aromatic rings. The number of fused-ring (bicyclic) bond motifs is 1. The number of carbonyl (C=O) groups is 1. The Balaban J connectivity index is 1.34. The quantitative estimate of drug-likeness (QED) is 0.838. The van der Waals surface area contributed by atoms with E-state index >= 15 is 0 Å². The molecule has 1 aromatic heterocycles. The maximum atomic E-state index is 12.1. The Morgan fingerprint density at radius 3 is 2.70 bits per heavy atom. The standard InChI is InChI=1S/C20H22N4O3/c1-14-6-8-24(9-7-14)20-21-11-16(12-22-20)23-19(25)5-3-15-2-4-17-18(10-15)27-13-26-17/h2-5,10-12,14H,6-9,13H2,1H3,(H,23,25)/b5-3+. The van der Waals surface area contributed by atoms with Gasteiger partial charge in [-0.25, -0.2) is 9.97 Å². The van der Waals surface area contributed by atoms with E-state index in [-0.39, 0.29) is 12.7 Å². The molecule has 0 aliphatic carbocycles. The fraction of sp³-hybridized carbons (Fsp3) is 0.350. The normalized spacial score (nSPS) is 16.7. The summed E-state index contributed by atoms with van der Waals surface area (Å²) in [5.41, 5.74) is 1.43. The molecule has 4 rings (SSSR count). The van der Waals surface area contributed by atoms with E-state index in [1.54, 1.807) is 18.5 Å². The number of nitrogens with zero attached hydrogens (tertiary/aromatic N) is 3. The third kappa shape index (κ3) is 4.19. The molecule has 0 unspecified atom stereocenters. The minimum atomic E-state index is -0.240. The van der Waals surface area contributed by atoms with E-state index in [1.807, 2.05) is 18.2 Å². The number of anilines is 2. The summed E-state index contributed by atoms with van der Waals surface area (Å²) in [6, 6.07) is 5.53. The van der Waals surface area contributed by atoms with Crippen molar-refractivity contribution in [2.24, 2.45) is 5.92 Å². The van der Waals surface area contributed by atoms with Gasteiger partial charge in [0.05, 0.1) is 18.1 Å². The van der Waals surface area contributed by atoms with Gasteiger partial charge in [-0.05, 0) is 42.5 Å². The summed E-state index contributed by atoms with van der Waals surface area (Å²) in [6.45, 7) is 4.46. The molecule has 0 spiro atoms. The summed E-state index contributed by atoms with van der Waals surface area (Å²) in [4.78, 5) is 23.1. The molecule has 1 saturated heterocycles. The Morgan fingerprint density at radius 2 is 1.93 bits per heavy atom. The lowest BCUT2D eigenvalue weighted by Gasteiger charge is -2.30. The zero-order valence-corrected chi connectivity index (χ0v) is 15.2. The van der Waals surface area contributed by atoms with Gasteiger partial charge in [-0.15, -0.1) is 0 Å². The van der Waals surface area contributed by atoms with Crippen molar-refractivity contribution in [3.63, 3.8) is 0 Å². The van der Waals surface area contributed by atoms with Gasteiger partial charge in [0.15, 0.2) is 11.5 Å². The van der Waals surface area contributed by atoms with Crippen LogP contribution in [0.4, 0.5) is 11.6 Å². The van der Waals surface area contributed by atoms with Gasteiger partial charge in [0.1, 0.15) is 0 Å². The molecular weight excluding hydrogens is 344 g/mol. The van der Waals surface area contributed by atoms with Crippen molar-refractivity contribution in [3.8, 4) is 11.5 Å². The summed E-state index contributed by atoms with van der Waals surface area (Å²) in [7, 11) is 0. The van der Waals surface area contributed by atoms with Crippen LogP contribution in [0, 0.1) is 5.92 Å². The van der Waals surface area contributed by atoms with Crippen LogP contribution in [0.2, 0.25) is 0 Å². The van der Waals surface area contributed by atoms with Crippen molar-refractivity contribution < 1.29 is 14.3 Å². The molecule has 0 saturated carbocycles. The van der Waals surface area contributed by atoms with Crippen LogP contribution < -0.4 is 19.7 Å². The number of piperidine rings is 1. The number of benzene rings is 1. The Kier molecular flexibility index (Phi) is 4.91. The molecule has 3 heterocycles. The lowest BCUT2D eigenvalue weighted by atomic mass is 10.00. The summed E-state index contributed by atoms with van der Waals surface area (Å²) in [5.74, 6) is 2.65. The number of amides is 1. The largest absolute Gasteiger partial charge is 0.454 e. The van der Waals surface area contributed by atoms with Gasteiger partial charge < -0.3 is 19.7 Å². The van der Waals surface area contributed by atoms with E-state index in [4.69, 9.17) is 9.47 Å². The van der Waals surface area contributed by atoms with E-state index in [0.29, 0.717) is 11.4 Å². The van der Waals surface area contributed by atoms with Crippen molar-refractivity contribution in [3.05, 3.63) is 42.2 Å². The smallest absolute Gasteiger partial charge is 0.248 e. The number of rotatable bonds is 4. The molecule has 2 aliphatic rings. The third-order valence-corrected chi connectivity index (χ3v) is 4.80. The lowest BCUT2D eigenvalue weighted by molar-refractivity contribution is -0.111. The highest BCUT2D eigenvalue weighted by atomic mass is 16.7. The second kappa shape index (κ2) is 7.65. The third-order valence-electron chi connectivity index (χ3n) is 4.80. The fourth-order valence-corrected chi connectivity index (χ4v) is 3.13. The summed E-state index contributed by atoms with van der Waals surface area (Å²) < 4.78 is 10.6. The second-order valence-corrected chi connectivity index (χ2v) is 6.88. The Bertz CT molecular complexity index is 843. The molecule has 0 bridgehead atoms. The van der Waals surface area contributed by atoms with Crippen LogP contribution in [0.15, 0.2) is 36.7 Å². The first-order chi connectivity index (χ1) is 13.2. The summed E-state index contributed by atoms with van der Waals surface area (Å²) >= 11 is 0. The first-order valence-corrected chi connectivity index (χ1v) is 9.13. The van der Waals surface area contributed by atoms with Gasteiger partial charge in [0.25, 0.3) is 0 Å². The van der Waals surface area contributed by atoms with Crippen molar-refractivity contribution >= 4 is 23.6 Å². The monoisotopic (exact) mass is 366 g/mol. The summed E-state index contributed by atoms with van der Waals surface area (Å²) in [5, 5.41) is 2.78. The zero-order valence-electron chi connectivity index (χ0n) is 15.2. The van der Waals surface area contributed by atoms with E-state index in [0.717, 1.165) is 49.1 Å². The van der Waals surface area contributed by atoms with Gasteiger partial charge in [-0.3, -0.25) is 4.79 Å². The Morgan fingerprint density at radius 1 is 1.19 bits per heavy atom. The highest BCUT2D eigenvalue weighted by molar-refractivity contribution is 6.01. The Hall–Kier alpha value is -3.09. The van der Waals surface area contributed by atoms with Crippen LogP contribution in [-0.2, 0) is 4.79 Å². The summed E-state index contributed by atoms with van der Waals surface area (Å²) in [6.07, 6.45) is 8.80. The molecule has 2 aliphatic heterocycles. The number of hydrogen-bond donors (Lipinski definition) is 1. The molecule has 7 heteroatoms. The lowest BCUT2D eigenvalue weighted by Crippen LogP contribution is -2.34. The van der Waals surface area contributed by atoms with Gasteiger partial charge in [0, 0.05) is 19.2 Å². The number of carbonyl (C=O) groups excluding carboxylic acids is 1. The van der Waals surface area contributed by atoms with Crippen molar-refractivity contribution in [1.29, 1.82) is 0 Å². The average Bonchev–Trinajstić information content (AvgIpc) is 3.15. The van der Waals surface area contributed by atoms with Crippen LogP contribution in [0.1, 0.15) is 25.3 Å². The van der Waals surface area contributed by atoms with Crippen molar-refractivity contribution in [1.82, 2.24) is 9.97 Å². The Labute approximate surface area is 158 Å². The molecule has 1 amide bonds. The molecule has 0 atom stereocenters. The van der Waals surface area contributed by atoms with Crippen LogP contribution >= 0.6 is 0 Å². The SMILES string of the molecule is CC1CCN(c2ncc(NC(=O)/C=C/c3ccc4c(c3)OCO4)cn2)CC1. The minimum absolute atomic E-state index is 0.232. The predicted octanol–water partition coefficient (Wildman–Crippen LogP) is 3.09. The van der Waals surface area contributed by atoms with Crippen LogP contribution in [0.25, 0.3) is 6.08 Å². The average molecular weight is 366 g/mol. The van der Waals surface area contributed by atoms with E-state index in [1.165, 1.54) is 6.08 Å². The molecule has 27 heavy (non-hydrogen) atoms. The number of nitrogens with one attached hydrogen (secondary N) is 1. The predicted molar refractivity (Wildman–Crippen MR) is 103 cm³/mol. The number of hydrogen-bond acceptors (Lipinski definition) is 6. The van der Waals surface area contributed by atoms with Crippen molar-refractivity contribution in [2.75, 3.05) is 30.1 Å². The maximum absolute atomic E-state index is 12.1. The molecule has 1 N–H and O–H groups in total. The van der Waals surface area contributed by atoms with Gasteiger partial charge in [-0.2, -0.15) is 0 Å². The first-order valence-electron chi connectivity index (χ1n) is 9.13. The molecule has 1 fully saturated rings. The number of aromatic nitrogens is 2. The van der Waals surface area contributed by atoms with E-state index in [2.05, 4.69) is 27.1 Å². The molecule has 1 aromatic carbocycles. The molecule has 0 radical (unpaired) electrons. The topological polar surface area (TPSA) is 76.6 Å². The van der Waals surface area contributed by atoms with Crippen LogP contribution in [0.5, 0.6) is 11.5 Å². The van der Waals surface area contributed by atoms with Gasteiger partial charge in [0.2, 0.25) is 18.6 Å². The van der Waals surface area contributed by atoms with E-state index < -0.39 is 0 Å². The first kappa shape index (κ1) is 17.3. The highest BCUT2D eigenvalue weighted by Gasteiger charge is 2.17. The number of ether oxygens (including phenoxy) is 2. The second-order valence-electron chi connectivity index (χ2n) is 6.88. The molecular formula is C20H22N4O3. The van der Waals surface area contributed by atoms with Gasteiger partial charge >= 0.3 is 0 Å². The zero-order chi connectivity index (χ0) is 18.6. The van der Waals surface area contributed by atoms with Crippen LogP contribution in [-0.4, -0.2) is 35.8 Å². The van der Waals surface area contributed by atoms with E-state index in [9.17, 15) is 4.79 Å². The highest BCUT2D eigenvalue weighted by Crippen LogP contribution is 2.32.